The molecular formula is C27H35N3O2. The van der Waals surface area contributed by atoms with E-state index in [-0.39, 0.29) is 11.3 Å². The first kappa shape index (κ1) is 22.5. The van der Waals surface area contributed by atoms with Gasteiger partial charge in [-0.1, -0.05) is 42.5 Å². The molecule has 1 fully saturated rings. The highest BCUT2D eigenvalue weighted by Gasteiger charge is 2.35. The summed E-state index contributed by atoms with van der Waals surface area (Å²) >= 11 is 0. The topological polar surface area (TPSA) is 54.3 Å². The molecule has 4 rings (SSSR count). The average molecular weight is 434 g/mol. The summed E-state index contributed by atoms with van der Waals surface area (Å²) < 4.78 is 2.17. The zero-order chi connectivity index (χ0) is 22.7. The van der Waals surface area contributed by atoms with Crippen LogP contribution in [0.25, 0.3) is 0 Å². The second kappa shape index (κ2) is 9.86. The molecule has 1 heterocycles. The molecule has 1 aromatic heterocycles. The molecule has 1 aromatic carbocycles. The number of pyridine rings is 1. The number of fused-ring (bicyclic) bond motifs is 2. The molecule has 1 amide bonds. The van der Waals surface area contributed by atoms with Crippen LogP contribution >= 0.6 is 0 Å². The lowest BCUT2D eigenvalue weighted by atomic mass is 9.93. The van der Waals surface area contributed by atoms with Crippen LogP contribution in [0.3, 0.4) is 0 Å². The molecule has 170 valence electrons. The quantitative estimate of drug-likeness (QED) is 0.617. The molecule has 2 aliphatic rings. The van der Waals surface area contributed by atoms with Gasteiger partial charge in [0.2, 0.25) is 0 Å². The molecule has 0 saturated heterocycles. The van der Waals surface area contributed by atoms with E-state index in [0.29, 0.717) is 36.3 Å². The zero-order valence-corrected chi connectivity index (χ0v) is 19.5. The van der Waals surface area contributed by atoms with Crippen LogP contribution in [-0.2, 0) is 19.4 Å². The minimum atomic E-state index is -0.219. The Labute approximate surface area is 191 Å². The lowest BCUT2D eigenvalue weighted by Crippen LogP contribution is -2.36. The van der Waals surface area contributed by atoms with Crippen LogP contribution in [0.1, 0.15) is 40.2 Å². The van der Waals surface area contributed by atoms with E-state index in [9.17, 15) is 9.59 Å². The molecule has 5 heteroatoms. The van der Waals surface area contributed by atoms with E-state index >= 15 is 0 Å². The summed E-state index contributed by atoms with van der Waals surface area (Å²) in [6, 6.07) is 11.9. The van der Waals surface area contributed by atoms with Gasteiger partial charge < -0.3 is 14.8 Å². The Morgan fingerprint density at radius 1 is 1.12 bits per heavy atom. The molecule has 5 nitrogen and oxygen atoms in total. The Hall–Kier alpha value is -2.66. The number of allylic oxidation sites excluding steroid dienone is 2. The van der Waals surface area contributed by atoms with E-state index in [4.69, 9.17) is 0 Å². The van der Waals surface area contributed by atoms with Gasteiger partial charge in [0.05, 0.1) is 0 Å². The van der Waals surface area contributed by atoms with Crippen molar-refractivity contribution in [2.75, 3.05) is 27.2 Å². The number of nitrogens with zero attached hydrogens (tertiary/aromatic N) is 2. The number of rotatable bonds is 9. The number of aromatic nitrogens is 1. The SMILES string of the molecule is Cc1cc(=O)c(C(=O)NC[C@H]2C[C@@H]3C=C[C@H]2C3)c(CCc2ccccc2)n1CCN(C)C. The van der Waals surface area contributed by atoms with Gasteiger partial charge in [-0.05, 0) is 70.0 Å². The van der Waals surface area contributed by atoms with Crippen molar-refractivity contribution in [3.8, 4) is 0 Å². The molecule has 2 bridgehead atoms. The minimum absolute atomic E-state index is 0.169. The maximum absolute atomic E-state index is 13.3. The maximum atomic E-state index is 13.3. The van der Waals surface area contributed by atoms with Gasteiger partial charge in [-0.15, -0.1) is 0 Å². The van der Waals surface area contributed by atoms with Crippen LogP contribution in [0.5, 0.6) is 0 Å². The van der Waals surface area contributed by atoms with Gasteiger partial charge in [0, 0.05) is 37.1 Å². The molecule has 0 radical (unpaired) electrons. The molecule has 32 heavy (non-hydrogen) atoms. The van der Waals surface area contributed by atoms with Crippen molar-refractivity contribution in [1.29, 1.82) is 0 Å². The Morgan fingerprint density at radius 2 is 1.91 bits per heavy atom. The second-order valence-corrected chi connectivity index (χ2v) is 9.66. The van der Waals surface area contributed by atoms with Gasteiger partial charge in [-0.25, -0.2) is 0 Å². The molecule has 1 saturated carbocycles. The summed E-state index contributed by atoms with van der Waals surface area (Å²) in [5, 5.41) is 3.12. The zero-order valence-electron chi connectivity index (χ0n) is 19.5. The third kappa shape index (κ3) is 5.04. The molecule has 3 atom stereocenters. The normalized spacial score (nSPS) is 21.4. The maximum Gasteiger partial charge on any atom is 0.257 e. The fourth-order valence-corrected chi connectivity index (χ4v) is 5.29. The molecule has 0 unspecified atom stereocenters. The third-order valence-electron chi connectivity index (χ3n) is 7.06. The fraction of sp³-hybridized carbons (Fsp3) is 0.481. The van der Waals surface area contributed by atoms with Gasteiger partial charge in [0.1, 0.15) is 5.56 Å². The summed E-state index contributed by atoms with van der Waals surface area (Å²) in [4.78, 5) is 28.5. The van der Waals surface area contributed by atoms with Crippen LogP contribution in [0.4, 0.5) is 0 Å². The van der Waals surface area contributed by atoms with Gasteiger partial charge in [0.15, 0.2) is 5.43 Å². The van der Waals surface area contributed by atoms with E-state index in [0.717, 1.165) is 37.3 Å². The summed E-state index contributed by atoms with van der Waals surface area (Å²) in [6.45, 7) is 4.21. The third-order valence-corrected chi connectivity index (χ3v) is 7.06. The summed E-state index contributed by atoms with van der Waals surface area (Å²) in [6.07, 6.45) is 8.43. The molecular weight excluding hydrogens is 398 g/mol. The highest BCUT2D eigenvalue weighted by atomic mass is 16.2. The molecule has 2 aromatic rings. The largest absolute Gasteiger partial charge is 0.352 e. The number of amides is 1. The van der Waals surface area contributed by atoms with E-state index in [1.807, 2.05) is 39.2 Å². The van der Waals surface area contributed by atoms with Gasteiger partial charge in [-0.2, -0.15) is 0 Å². The molecule has 0 aliphatic heterocycles. The van der Waals surface area contributed by atoms with E-state index in [1.54, 1.807) is 6.07 Å². The van der Waals surface area contributed by atoms with E-state index < -0.39 is 0 Å². The lowest BCUT2D eigenvalue weighted by molar-refractivity contribution is 0.0942. The number of nitrogens with one attached hydrogen (secondary N) is 1. The first-order chi connectivity index (χ1) is 15.4. The van der Waals surface area contributed by atoms with Crippen LogP contribution in [0.15, 0.2) is 53.3 Å². The fourth-order valence-electron chi connectivity index (χ4n) is 5.29. The number of aryl methyl sites for hydroxylation is 2. The highest BCUT2D eigenvalue weighted by molar-refractivity contribution is 5.95. The number of likely N-dealkylation sites (N-methyl/N-ethyl adjacent to an activating group) is 1. The van der Waals surface area contributed by atoms with Crippen molar-refractivity contribution < 1.29 is 4.79 Å². The first-order valence-corrected chi connectivity index (χ1v) is 11.8. The molecule has 1 N–H and O–H groups in total. The number of carbonyl (C=O) groups is 1. The lowest BCUT2D eigenvalue weighted by Gasteiger charge is -2.23. The smallest absolute Gasteiger partial charge is 0.257 e. The minimum Gasteiger partial charge on any atom is -0.352 e. The molecule has 2 aliphatic carbocycles. The van der Waals surface area contributed by atoms with Gasteiger partial charge >= 0.3 is 0 Å². The number of carbonyl (C=O) groups excluding carboxylic acids is 1. The van der Waals surface area contributed by atoms with Gasteiger partial charge in [-0.3, -0.25) is 9.59 Å². The summed E-state index contributed by atoms with van der Waals surface area (Å²) in [5.41, 5.74) is 3.13. The molecule has 0 spiro atoms. The number of hydrogen-bond donors (Lipinski definition) is 1. The van der Waals surface area contributed by atoms with Crippen LogP contribution in [0.2, 0.25) is 0 Å². The van der Waals surface area contributed by atoms with Crippen molar-refractivity contribution in [2.45, 2.75) is 39.2 Å². The Balaban J connectivity index is 1.59. The Kier molecular flexibility index (Phi) is 6.95. The van der Waals surface area contributed by atoms with E-state index in [1.165, 1.54) is 12.0 Å². The van der Waals surface area contributed by atoms with Crippen LogP contribution in [-0.4, -0.2) is 42.6 Å². The predicted molar refractivity (Wildman–Crippen MR) is 129 cm³/mol. The average Bonchev–Trinajstić information content (AvgIpc) is 3.39. The summed E-state index contributed by atoms with van der Waals surface area (Å²) in [5.74, 6) is 1.52. The number of benzene rings is 1. The number of hydrogen-bond acceptors (Lipinski definition) is 3. The standard InChI is InChI=1S/C27H35N3O2/c1-19-15-25(31)26(27(32)28-18-23-17-21-9-11-22(23)16-21)24(30(19)14-13-29(2)3)12-10-20-7-5-4-6-8-20/h4-9,11,15,21-23H,10,12-14,16-18H2,1-3H3,(H,28,32)/t21-,22+,23-/m1/s1. The monoisotopic (exact) mass is 433 g/mol. The second-order valence-electron chi connectivity index (χ2n) is 9.66. The predicted octanol–water partition coefficient (Wildman–Crippen LogP) is 3.45. The van der Waals surface area contributed by atoms with Gasteiger partial charge in [0.25, 0.3) is 5.91 Å². The van der Waals surface area contributed by atoms with Crippen molar-refractivity contribution in [3.05, 3.63) is 81.3 Å². The van der Waals surface area contributed by atoms with Crippen molar-refractivity contribution in [3.63, 3.8) is 0 Å². The van der Waals surface area contributed by atoms with Crippen LogP contribution in [0, 0.1) is 24.7 Å². The van der Waals surface area contributed by atoms with Crippen molar-refractivity contribution >= 4 is 5.91 Å². The Bertz CT molecular complexity index is 1040. The van der Waals surface area contributed by atoms with E-state index in [2.05, 4.69) is 39.1 Å². The van der Waals surface area contributed by atoms with Crippen molar-refractivity contribution in [2.24, 2.45) is 17.8 Å². The van der Waals surface area contributed by atoms with Crippen molar-refractivity contribution in [1.82, 2.24) is 14.8 Å². The Morgan fingerprint density at radius 3 is 2.56 bits per heavy atom. The summed E-state index contributed by atoms with van der Waals surface area (Å²) in [7, 11) is 4.08. The van der Waals surface area contributed by atoms with Crippen LogP contribution < -0.4 is 10.7 Å². The first-order valence-electron chi connectivity index (χ1n) is 11.8. The highest BCUT2D eigenvalue weighted by Crippen LogP contribution is 2.42.